The van der Waals surface area contributed by atoms with Crippen molar-refractivity contribution in [1.29, 1.82) is 0 Å². The summed E-state index contributed by atoms with van der Waals surface area (Å²) in [7, 11) is -3.75. The number of esters is 1. The molecule has 0 saturated carbocycles. The Balaban J connectivity index is 1.89. The number of carbonyl (C=O) groups is 1. The third-order valence-electron chi connectivity index (χ3n) is 3.55. The molecular formula is C15H20O5S. The number of hydrogen-bond acceptors (Lipinski definition) is 5. The van der Waals surface area contributed by atoms with Gasteiger partial charge in [-0.2, -0.15) is 8.42 Å². The number of rotatable bonds is 5. The Bertz CT molecular complexity index is 616. The Morgan fingerprint density at radius 1 is 1.29 bits per heavy atom. The summed E-state index contributed by atoms with van der Waals surface area (Å²) in [6.07, 6.45) is 0.681. The first kappa shape index (κ1) is 16.0. The number of carbonyl (C=O) groups excluding carboxylic acids is 1. The Kier molecular flexibility index (Phi) is 4.39. The standard InChI is InChI=1S/C15H20O5S/c1-11-4-6-13(7-5-11)21(17,18)19-9-8-12-10-15(2,3)14(16)20-12/h4-7,12H,8-10H2,1-3H3. The smallest absolute Gasteiger partial charge is 0.311 e. The fraction of sp³-hybridized carbons (Fsp3) is 0.533. The molecule has 0 spiro atoms. The van der Waals surface area contributed by atoms with E-state index in [0.29, 0.717) is 12.8 Å². The lowest BCUT2D eigenvalue weighted by molar-refractivity contribution is -0.147. The van der Waals surface area contributed by atoms with Crippen LogP contribution in [-0.2, 0) is 23.8 Å². The highest BCUT2D eigenvalue weighted by Crippen LogP contribution is 2.34. The predicted octanol–water partition coefficient (Wildman–Crippen LogP) is 2.43. The van der Waals surface area contributed by atoms with Crippen molar-refractivity contribution < 1.29 is 22.1 Å². The molecule has 0 bridgehead atoms. The largest absolute Gasteiger partial charge is 0.462 e. The Hall–Kier alpha value is -1.40. The van der Waals surface area contributed by atoms with Crippen LogP contribution in [0.25, 0.3) is 0 Å². The van der Waals surface area contributed by atoms with E-state index in [1.165, 1.54) is 12.1 Å². The van der Waals surface area contributed by atoms with Gasteiger partial charge in [0.2, 0.25) is 0 Å². The van der Waals surface area contributed by atoms with Gasteiger partial charge in [0, 0.05) is 12.8 Å². The average Bonchev–Trinajstić information content (AvgIpc) is 2.63. The molecule has 5 nitrogen and oxygen atoms in total. The van der Waals surface area contributed by atoms with E-state index in [-0.39, 0.29) is 23.6 Å². The van der Waals surface area contributed by atoms with E-state index >= 15 is 0 Å². The molecule has 1 aliphatic heterocycles. The Labute approximate surface area is 125 Å². The van der Waals surface area contributed by atoms with Crippen molar-refractivity contribution in [3.05, 3.63) is 29.8 Å². The van der Waals surface area contributed by atoms with E-state index in [1.807, 2.05) is 20.8 Å². The zero-order valence-electron chi connectivity index (χ0n) is 12.5. The molecule has 1 unspecified atom stereocenters. The van der Waals surface area contributed by atoms with Crippen molar-refractivity contribution >= 4 is 16.1 Å². The van der Waals surface area contributed by atoms with E-state index in [2.05, 4.69) is 0 Å². The van der Waals surface area contributed by atoms with Crippen molar-refractivity contribution in [3.8, 4) is 0 Å². The second-order valence-electron chi connectivity index (χ2n) is 5.99. The van der Waals surface area contributed by atoms with Gasteiger partial charge in [-0.1, -0.05) is 17.7 Å². The molecule has 1 saturated heterocycles. The highest BCUT2D eigenvalue weighted by molar-refractivity contribution is 7.86. The number of aryl methyl sites for hydroxylation is 1. The van der Waals surface area contributed by atoms with E-state index in [0.717, 1.165) is 5.56 Å². The van der Waals surface area contributed by atoms with Crippen LogP contribution in [0, 0.1) is 12.3 Å². The fourth-order valence-corrected chi connectivity index (χ4v) is 3.15. The molecule has 1 aromatic carbocycles. The molecule has 0 radical (unpaired) electrons. The predicted molar refractivity (Wildman–Crippen MR) is 77.2 cm³/mol. The molecule has 1 fully saturated rings. The molecule has 2 rings (SSSR count). The van der Waals surface area contributed by atoms with Crippen LogP contribution in [0.4, 0.5) is 0 Å². The lowest BCUT2D eigenvalue weighted by Gasteiger charge is -2.11. The Morgan fingerprint density at radius 2 is 1.90 bits per heavy atom. The summed E-state index contributed by atoms with van der Waals surface area (Å²) in [6, 6.07) is 6.47. The monoisotopic (exact) mass is 312 g/mol. The van der Waals surface area contributed by atoms with Crippen molar-refractivity contribution in [3.63, 3.8) is 0 Å². The molecule has 1 atom stereocenters. The molecule has 116 valence electrons. The van der Waals surface area contributed by atoms with Gasteiger partial charge in [-0.15, -0.1) is 0 Å². The van der Waals surface area contributed by atoms with E-state index < -0.39 is 15.5 Å². The van der Waals surface area contributed by atoms with Gasteiger partial charge in [-0.25, -0.2) is 0 Å². The summed E-state index contributed by atoms with van der Waals surface area (Å²) >= 11 is 0. The minimum absolute atomic E-state index is 0.00420. The van der Waals surface area contributed by atoms with E-state index in [1.54, 1.807) is 12.1 Å². The summed E-state index contributed by atoms with van der Waals surface area (Å²) in [5.74, 6) is -0.242. The van der Waals surface area contributed by atoms with Gasteiger partial charge in [0.25, 0.3) is 10.1 Å². The summed E-state index contributed by atoms with van der Waals surface area (Å²) in [5.41, 5.74) is 0.481. The molecular weight excluding hydrogens is 292 g/mol. The van der Waals surface area contributed by atoms with Crippen LogP contribution in [0.2, 0.25) is 0 Å². The number of benzene rings is 1. The van der Waals surface area contributed by atoms with Gasteiger partial charge in [-0.3, -0.25) is 8.98 Å². The quantitative estimate of drug-likeness (QED) is 0.617. The van der Waals surface area contributed by atoms with Crippen LogP contribution in [-0.4, -0.2) is 27.1 Å². The van der Waals surface area contributed by atoms with Gasteiger partial charge < -0.3 is 4.74 Å². The molecule has 1 heterocycles. The molecule has 6 heteroatoms. The lowest BCUT2D eigenvalue weighted by atomic mass is 9.89. The van der Waals surface area contributed by atoms with Gasteiger partial charge >= 0.3 is 5.97 Å². The van der Waals surface area contributed by atoms with Crippen LogP contribution in [0.3, 0.4) is 0 Å². The van der Waals surface area contributed by atoms with Crippen molar-refractivity contribution in [2.24, 2.45) is 5.41 Å². The van der Waals surface area contributed by atoms with Gasteiger partial charge in [0.1, 0.15) is 6.10 Å². The molecule has 0 aliphatic carbocycles. The van der Waals surface area contributed by atoms with Crippen molar-refractivity contribution in [2.45, 2.75) is 44.6 Å². The highest BCUT2D eigenvalue weighted by Gasteiger charge is 2.41. The maximum Gasteiger partial charge on any atom is 0.311 e. The van der Waals surface area contributed by atoms with Crippen LogP contribution in [0.15, 0.2) is 29.2 Å². The third kappa shape index (κ3) is 3.83. The first-order chi connectivity index (χ1) is 9.71. The molecule has 0 N–H and O–H groups in total. The SMILES string of the molecule is Cc1ccc(S(=O)(=O)OCCC2CC(C)(C)C(=O)O2)cc1. The maximum atomic E-state index is 12.0. The summed E-state index contributed by atoms with van der Waals surface area (Å²) < 4.78 is 34.2. The van der Waals surface area contributed by atoms with Gasteiger partial charge in [0.05, 0.1) is 16.9 Å². The van der Waals surface area contributed by atoms with Crippen LogP contribution in [0.1, 0.15) is 32.3 Å². The van der Waals surface area contributed by atoms with E-state index in [9.17, 15) is 13.2 Å². The normalized spacial score (nSPS) is 21.3. The first-order valence-electron chi connectivity index (χ1n) is 6.88. The van der Waals surface area contributed by atoms with Crippen molar-refractivity contribution in [2.75, 3.05) is 6.61 Å². The zero-order chi connectivity index (χ0) is 15.7. The fourth-order valence-electron chi connectivity index (χ4n) is 2.23. The highest BCUT2D eigenvalue weighted by atomic mass is 32.2. The average molecular weight is 312 g/mol. The first-order valence-corrected chi connectivity index (χ1v) is 8.29. The van der Waals surface area contributed by atoms with Crippen LogP contribution in [0.5, 0.6) is 0 Å². The molecule has 1 aromatic rings. The molecule has 21 heavy (non-hydrogen) atoms. The minimum atomic E-state index is -3.75. The van der Waals surface area contributed by atoms with Crippen molar-refractivity contribution in [1.82, 2.24) is 0 Å². The van der Waals surface area contributed by atoms with Gasteiger partial charge in [-0.05, 0) is 32.9 Å². The van der Waals surface area contributed by atoms with Gasteiger partial charge in [0.15, 0.2) is 0 Å². The zero-order valence-corrected chi connectivity index (χ0v) is 13.3. The second kappa shape index (κ2) is 5.77. The molecule has 0 aromatic heterocycles. The third-order valence-corrected chi connectivity index (χ3v) is 4.88. The van der Waals surface area contributed by atoms with E-state index in [4.69, 9.17) is 8.92 Å². The maximum absolute atomic E-state index is 12.0. The number of hydrogen-bond donors (Lipinski definition) is 0. The second-order valence-corrected chi connectivity index (χ2v) is 7.61. The Morgan fingerprint density at radius 3 is 2.43 bits per heavy atom. The summed E-state index contributed by atoms with van der Waals surface area (Å²) in [6.45, 7) is 5.52. The lowest BCUT2D eigenvalue weighted by Crippen LogP contribution is -2.16. The summed E-state index contributed by atoms with van der Waals surface area (Å²) in [5, 5.41) is 0. The van der Waals surface area contributed by atoms with Crippen LogP contribution >= 0.6 is 0 Å². The molecule has 0 amide bonds. The number of ether oxygens (including phenoxy) is 1. The topological polar surface area (TPSA) is 69.7 Å². The summed E-state index contributed by atoms with van der Waals surface area (Å²) in [4.78, 5) is 11.7. The molecule has 1 aliphatic rings. The van der Waals surface area contributed by atoms with Crippen LogP contribution < -0.4 is 0 Å². The number of cyclic esters (lactones) is 1. The minimum Gasteiger partial charge on any atom is -0.462 e.